The molecule has 0 saturated heterocycles. The van der Waals surface area contributed by atoms with E-state index in [1.165, 1.54) is 36.6 Å². The summed E-state index contributed by atoms with van der Waals surface area (Å²) in [6.07, 6.45) is 1.43. The lowest BCUT2D eigenvalue weighted by Crippen LogP contribution is -2.37. The van der Waals surface area contributed by atoms with E-state index in [4.69, 9.17) is 4.42 Å². The standard InChI is InChI=1S/C20H19FN2O4S/c1-15-7-9-19(10-8-15)28(25,26)23(13-18-6-3-11-27-18)14-20(24)22-17-5-2-4-16(21)12-17/h2-12H,13-14H2,1H3,(H,22,24). The van der Waals surface area contributed by atoms with E-state index in [2.05, 4.69) is 5.32 Å². The van der Waals surface area contributed by atoms with Crippen molar-refractivity contribution in [1.29, 1.82) is 0 Å². The smallest absolute Gasteiger partial charge is 0.243 e. The predicted octanol–water partition coefficient (Wildman–Crippen LogP) is 3.56. The largest absolute Gasteiger partial charge is 0.468 e. The first kappa shape index (κ1) is 19.8. The summed E-state index contributed by atoms with van der Waals surface area (Å²) in [5, 5.41) is 2.51. The number of rotatable bonds is 7. The SMILES string of the molecule is Cc1ccc(S(=O)(=O)N(CC(=O)Nc2cccc(F)c2)Cc2ccco2)cc1. The molecule has 1 N–H and O–H groups in total. The van der Waals surface area contributed by atoms with Crippen LogP contribution in [0.1, 0.15) is 11.3 Å². The van der Waals surface area contributed by atoms with Crippen LogP contribution in [0.25, 0.3) is 0 Å². The molecule has 0 aliphatic carbocycles. The van der Waals surface area contributed by atoms with Crippen LogP contribution in [-0.4, -0.2) is 25.2 Å². The molecule has 3 aromatic rings. The highest BCUT2D eigenvalue weighted by molar-refractivity contribution is 7.89. The van der Waals surface area contributed by atoms with Crippen molar-refractivity contribution in [2.45, 2.75) is 18.4 Å². The average Bonchev–Trinajstić information content (AvgIpc) is 3.14. The summed E-state index contributed by atoms with van der Waals surface area (Å²) in [4.78, 5) is 12.5. The van der Waals surface area contributed by atoms with Crippen molar-refractivity contribution < 1.29 is 22.0 Å². The van der Waals surface area contributed by atoms with E-state index in [0.29, 0.717) is 5.76 Å². The van der Waals surface area contributed by atoms with Crippen molar-refractivity contribution in [2.75, 3.05) is 11.9 Å². The second-order valence-electron chi connectivity index (χ2n) is 6.22. The highest BCUT2D eigenvalue weighted by Gasteiger charge is 2.27. The zero-order valence-corrected chi connectivity index (χ0v) is 15.9. The molecule has 0 unspecified atom stereocenters. The molecular weight excluding hydrogens is 383 g/mol. The summed E-state index contributed by atoms with van der Waals surface area (Å²) >= 11 is 0. The van der Waals surface area contributed by atoms with Gasteiger partial charge in [-0.25, -0.2) is 12.8 Å². The normalized spacial score (nSPS) is 11.5. The van der Waals surface area contributed by atoms with Gasteiger partial charge in [0, 0.05) is 5.69 Å². The fraction of sp³-hybridized carbons (Fsp3) is 0.150. The average molecular weight is 402 g/mol. The predicted molar refractivity (Wildman–Crippen MR) is 103 cm³/mol. The summed E-state index contributed by atoms with van der Waals surface area (Å²) in [6.45, 7) is 1.29. The molecule has 0 fully saturated rings. The maximum Gasteiger partial charge on any atom is 0.243 e. The van der Waals surface area contributed by atoms with Gasteiger partial charge >= 0.3 is 0 Å². The van der Waals surface area contributed by atoms with Crippen molar-refractivity contribution in [3.63, 3.8) is 0 Å². The molecule has 0 bridgehead atoms. The van der Waals surface area contributed by atoms with Gasteiger partial charge in [-0.2, -0.15) is 4.31 Å². The van der Waals surface area contributed by atoms with Gasteiger partial charge in [-0.05, 0) is 49.4 Å². The number of carbonyl (C=O) groups is 1. The van der Waals surface area contributed by atoms with Gasteiger partial charge in [0.2, 0.25) is 15.9 Å². The zero-order valence-electron chi connectivity index (χ0n) is 15.1. The van der Waals surface area contributed by atoms with Crippen LogP contribution >= 0.6 is 0 Å². The number of nitrogens with zero attached hydrogens (tertiary/aromatic N) is 1. The van der Waals surface area contributed by atoms with Crippen molar-refractivity contribution in [2.24, 2.45) is 0 Å². The molecule has 0 aliphatic heterocycles. The summed E-state index contributed by atoms with van der Waals surface area (Å²) in [6, 6.07) is 15.0. The molecular formula is C20H19FN2O4S. The van der Waals surface area contributed by atoms with Gasteiger partial charge in [0.05, 0.1) is 24.2 Å². The molecule has 1 heterocycles. The van der Waals surface area contributed by atoms with Crippen LogP contribution in [0.15, 0.2) is 76.2 Å². The molecule has 8 heteroatoms. The number of aryl methyl sites for hydroxylation is 1. The Morgan fingerprint density at radius 1 is 1.11 bits per heavy atom. The molecule has 0 radical (unpaired) electrons. The number of hydrogen-bond donors (Lipinski definition) is 1. The van der Waals surface area contributed by atoms with Gasteiger partial charge in [0.1, 0.15) is 11.6 Å². The van der Waals surface area contributed by atoms with Gasteiger partial charge in [0.15, 0.2) is 0 Å². The van der Waals surface area contributed by atoms with Crippen molar-refractivity contribution >= 4 is 21.6 Å². The van der Waals surface area contributed by atoms with Crippen LogP contribution in [0.3, 0.4) is 0 Å². The van der Waals surface area contributed by atoms with Gasteiger partial charge in [-0.3, -0.25) is 4.79 Å². The van der Waals surface area contributed by atoms with Gasteiger partial charge in [0.25, 0.3) is 0 Å². The van der Waals surface area contributed by atoms with E-state index >= 15 is 0 Å². The lowest BCUT2D eigenvalue weighted by Gasteiger charge is -2.21. The quantitative estimate of drug-likeness (QED) is 0.655. The highest BCUT2D eigenvalue weighted by Crippen LogP contribution is 2.19. The minimum Gasteiger partial charge on any atom is -0.468 e. The highest BCUT2D eigenvalue weighted by atomic mass is 32.2. The van der Waals surface area contributed by atoms with Crippen LogP contribution < -0.4 is 5.32 Å². The van der Waals surface area contributed by atoms with E-state index < -0.39 is 28.3 Å². The van der Waals surface area contributed by atoms with Crippen LogP contribution in [0.4, 0.5) is 10.1 Å². The third-order valence-electron chi connectivity index (χ3n) is 4.00. The number of carbonyl (C=O) groups excluding carboxylic acids is 1. The second kappa shape index (κ2) is 8.37. The minimum atomic E-state index is -3.95. The second-order valence-corrected chi connectivity index (χ2v) is 8.16. The molecule has 3 rings (SSSR count). The Morgan fingerprint density at radius 2 is 1.86 bits per heavy atom. The molecule has 1 amide bonds. The molecule has 0 saturated carbocycles. The Hall–Kier alpha value is -2.97. The number of amides is 1. The van der Waals surface area contributed by atoms with Gasteiger partial charge in [-0.15, -0.1) is 0 Å². The first-order valence-corrected chi connectivity index (χ1v) is 9.93. The number of halogens is 1. The lowest BCUT2D eigenvalue weighted by molar-refractivity contribution is -0.116. The number of nitrogens with one attached hydrogen (secondary N) is 1. The fourth-order valence-electron chi connectivity index (χ4n) is 2.59. The van der Waals surface area contributed by atoms with Gasteiger partial charge < -0.3 is 9.73 Å². The Kier molecular flexibility index (Phi) is 5.91. The number of benzene rings is 2. The molecule has 2 aromatic carbocycles. The van der Waals surface area contributed by atoms with E-state index in [1.807, 2.05) is 6.92 Å². The molecule has 146 valence electrons. The van der Waals surface area contributed by atoms with Crippen LogP contribution in [0.2, 0.25) is 0 Å². The Morgan fingerprint density at radius 3 is 2.50 bits per heavy atom. The van der Waals surface area contributed by atoms with E-state index in [1.54, 1.807) is 24.3 Å². The number of hydrogen-bond acceptors (Lipinski definition) is 4. The van der Waals surface area contributed by atoms with E-state index in [9.17, 15) is 17.6 Å². The molecule has 0 atom stereocenters. The van der Waals surface area contributed by atoms with Crippen molar-refractivity contribution in [3.05, 3.63) is 84.1 Å². The summed E-state index contributed by atoms with van der Waals surface area (Å²) in [5.74, 6) is -0.695. The van der Waals surface area contributed by atoms with Crippen LogP contribution in [0.5, 0.6) is 0 Å². The topological polar surface area (TPSA) is 79.6 Å². The maximum atomic E-state index is 13.3. The monoisotopic (exact) mass is 402 g/mol. The lowest BCUT2D eigenvalue weighted by atomic mass is 10.2. The number of furan rings is 1. The molecule has 0 aliphatic rings. The van der Waals surface area contributed by atoms with Crippen LogP contribution in [0, 0.1) is 12.7 Å². The molecule has 28 heavy (non-hydrogen) atoms. The summed E-state index contributed by atoms with van der Waals surface area (Å²) in [5.41, 5.74) is 1.16. The third kappa shape index (κ3) is 4.85. The maximum absolute atomic E-state index is 13.3. The molecule has 0 spiro atoms. The first-order chi connectivity index (χ1) is 13.3. The van der Waals surface area contributed by atoms with Crippen LogP contribution in [-0.2, 0) is 21.4 Å². The number of anilines is 1. The third-order valence-corrected chi connectivity index (χ3v) is 5.81. The van der Waals surface area contributed by atoms with Crippen molar-refractivity contribution in [1.82, 2.24) is 4.31 Å². The fourth-order valence-corrected chi connectivity index (χ4v) is 3.95. The van der Waals surface area contributed by atoms with E-state index in [-0.39, 0.29) is 17.1 Å². The molecule has 6 nitrogen and oxygen atoms in total. The Bertz CT molecular complexity index is 1050. The Labute approximate surface area is 162 Å². The summed E-state index contributed by atoms with van der Waals surface area (Å²) < 4.78 is 45.7. The van der Waals surface area contributed by atoms with Gasteiger partial charge in [-0.1, -0.05) is 23.8 Å². The summed E-state index contributed by atoms with van der Waals surface area (Å²) in [7, 11) is -3.95. The zero-order chi connectivity index (χ0) is 20.1. The number of sulfonamides is 1. The first-order valence-electron chi connectivity index (χ1n) is 8.49. The Balaban J connectivity index is 1.84. The van der Waals surface area contributed by atoms with E-state index in [0.717, 1.165) is 15.9 Å². The molecule has 1 aromatic heterocycles. The van der Waals surface area contributed by atoms with Crippen molar-refractivity contribution in [3.8, 4) is 0 Å². The minimum absolute atomic E-state index is 0.0724.